The highest BCUT2D eigenvalue weighted by Crippen LogP contribution is 2.48. The molecule has 2 heterocycles. The largest absolute Gasteiger partial charge is 0.389 e. The Morgan fingerprint density at radius 3 is 3.05 bits per heavy atom. The van der Waals surface area contributed by atoms with Gasteiger partial charge in [-0.3, -0.25) is 4.99 Å². The molecule has 0 saturated carbocycles. The predicted molar refractivity (Wildman–Crippen MR) is 80.3 cm³/mol. The summed E-state index contributed by atoms with van der Waals surface area (Å²) in [6.07, 6.45) is 10.9. The zero-order chi connectivity index (χ0) is 13.9. The van der Waals surface area contributed by atoms with Crippen molar-refractivity contribution in [3.63, 3.8) is 0 Å². The summed E-state index contributed by atoms with van der Waals surface area (Å²) in [5.74, 6) is 0.408. The number of nitrogens with zero attached hydrogens (tertiary/aromatic N) is 2. The molecule has 0 aromatic heterocycles. The van der Waals surface area contributed by atoms with E-state index in [0.717, 1.165) is 19.3 Å². The normalized spacial score (nSPS) is 35.0. The number of hydrogen-bond donors (Lipinski definition) is 1. The zero-order valence-corrected chi connectivity index (χ0v) is 12.0. The van der Waals surface area contributed by atoms with E-state index in [0.29, 0.717) is 12.0 Å². The summed E-state index contributed by atoms with van der Waals surface area (Å²) >= 11 is 0. The third-order valence-electron chi connectivity index (χ3n) is 5.14. The molecule has 0 aromatic carbocycles. The minimum atomic E-state index is -0.271. The molecule has 2 aliphatic carbocycles. The lowest BCUT2D eigenvalue weighted by atomic mass is 9.78. The van der Waals surface area contributed by atoms with Crippen molar-refractivity contribution >= 4 is 6.21 Å². The van der Waals surface area contributed by atoms with Crippen molar-refractivity contribution in [2.45, 2.75) is 38.3 Å². The molecule has 0 bridgehead atoms. The Morgan fingerprint density at radius 1 is 1.35 bits per heavy atom. The van der Waals surface area contributed by atoms with Gasteiger partial charge in [-0.05, 0) is 54.6 Å². The van der Waals surface area contributed by atoms with Gasteiger partial charge in [0.1, 0.15) is 0 Å². The van der Waals surface area contributed by atoms with Crippen molar-refractivity contribution in [2.75, 3.05) is 7.05 Å². The minimum Gasteiger partial charge on any atom is -0.389 e. The second-order valence-corrected chi connectivity index (χ2v) is 6.23. The first-order valence-corrected chi connectivity index (χ1v) is 7.44. The smallest absolute Gasteiger partial charge is 0.0728 e. The van der Waals surface area contributed by atoms with Crippen LogP contribution in [0.15, 0.2) is 51.3 Å². The van der Waals surface area contributed by atoms with E-state index in [-0.39, 0.29) is 6.10 Å². The Labute approximate surface area is 119 Å². The molecule has 0 fully saturated rings. The lowest BCUT2D eigenvalue weighted by molar-refractivity contribution is 0.184. The number of rotatable bonds is 0. The lowest BCUT2D eigenvalue weighted by Crippen LogP contribution is -2.31. The van der Waals surface area contributed by atoms with E-state index in [2.05, 4.69) is 42.2 Å². The standard InChI is InChI=1S/C17H20N2O/c1-10-13-5-6-18-9-11(13)7-15-14-8-12(20)3-4-16(14)19(2)17(10)15/h5-6,8-9,11-12,16,20H,3-4,7H2,1-2H3. The Kier molecular flexibility index (Phi) is 2.55. The van der Waals surface area contributed by atoms with Crippen LogP contribution in [-0.4, -0.2) is 35.4 Å². The summed E-state index contributed by atoms with van der Waals surface area (Å²) in [7, 11) is 2.20. The fraction of sp³-hybridized carbons (Fsp3) is 0.471. The van der Waals surface area contributed by atoms with Gasteiger partial charge < -0.3 is 10.0 Å². The summed E-state index contributed by atoms with van der Waals surface area (Å²) < 4.78 is 0. The lowest BCUT2D eigenvalue weighted by Gasteiger charge is -2.30. The maximum absolute atomic E-state index is 9.96. The van der Waals surface area contributed by atoms with Crippen molar-refractivity contribution in [2.24, 2.45) is 10.9 Å². The van der Waals surface area contributed by atoms with Crippen molar-refractivity contribution in [1.29, 1.82) is 0 Å². The molecule has 104 valence electrons. The summed E-state index contributed by atoms with van der Waals surface area (Å²) in [6, 6.07) is 0.458. The number of likely N-dealkylation sites (N-methyl/N-ethyl adjacent to an activating group) is 1. The first kappa shape index (κ1) is 12.2. The van der Waals surface area contributed by atoms with Gasteiger partial charge in [0, 0.05) is 31.1 Å². The fourth-order valence-electron chi connectivity index (χ4n) is 4.20. The second-order valence-electron chi connectivity index (χ2n) is 6.23. The van der Waals surface area contributed by atoms with Crippen molar-refractivity contribution in [3.05, 3.63) is 46.3 Å². The van der Waals surface area contributed by atoms with Crippen LogP contribution in [0.25, 0.3) is 0 Å². The topological polar surface area (TPSA) is 35.8 Å². The molecule has 3 heteroatoms. The van der Waals surface area contributed by atoms with Gasteiger partial charge in [-0.25, -0.2) is 0 Å². The van der Waals surface area contributed by atoms with Crippen LogP contribution in [0.5, 0.6) is 0 Å². The Bertz CT molecular complexity index is 621. The van der Waals surface area contributed by atoms with E-state index in [1.165, 1.54) is 28.0 Å². The molecular formula is C17H20N2O. The second kappa shape index (κ2) is 4.19. The molecule has 4 aliphatic rings. The van der Waals surface area contributed by atoms with E-state index in [9.17, 15) is 5.11 Å². The van der Waals surface area contributed by atoms with Gasteiger partial charge in [0.15, 0.2) is 0 Å². The molecule has 2 aliphatic heterocycles. The van der Waals surface area contributed by atoms with Gasteiger partial charge in [-0.1, -0.05) is 6.08 Å². The van der Waals surface area contributed by atoms with E-state index >= 15 is 0 Å². The first-order valence-electron chi connectivity index (χ1n) is 7.44. The molecule has 0 radical (unpaired) electrons. The van der Waals surface area contributed by atoms with Crippen LogP contribution >= 0.6 is 0 Å². The summed E-state index contributed by atoms with van der Waals surface area (Å²) in [4.78, 5) is 6.73. The molecule has 0 amide bonds. The fourth-order valence-corrected chi connectivity index (χ4v) is 4.20. The average Bonchev–Trinajstić information content (AvgIpc) is 2.72. The predicted octanol–water partition coefficient (Wildman–Crippen LogP) is 2.57. The summed E-state index contributed by atoms with van der Waals surface area (Å²) in [5.41, 5.74) is 6.98. The zero-order valence-electron chi connectivity index (χ0n) is 12.0. The summed E-state index contributed by atoms with van der Waals surface area (Å²) in [6.45, 7) is 2.23. The number of hydrogen-bond acceptors (Lipinski definition) is 3. The van der Waals surface area contributed by atoms with Crippen LogP contribution in [0.2, 0.25) is 0 Å². The minimum absolute atomic E-state index is 0.271. The molecule has 0 spiro atoms. The van der Waals surface area contributed by atoms with E-state index < -0.39 is 0 Å². The molecule has 0 saturated heterocycles. The van der Waals surface area contributed by atoms with Crippen LogP contribution in [0.3, 0.4) is 0 Å². The van der Waals surface area contributed by atoms with Gasteiger partial charge >= 0.3 is 0 Å². The maximum atomic E-state index is 9.96. The number of fused-ring (bicyclic) bond motifs is 3. The van der Waals surface area contributed by atoms with E-state index in [4.69, 9.17) is 0 Å². The summed E-state index contributed by atoms with van der Waals surface area (Å²) in [5, 5.41) is 9.96. The number of allylic oxidation sites excluding steroid dienone is 3. The van der Waals surface area contributed by atoms with Gasteiger partial charge in [-0.2, -0.15) is 0 Å². The number of aliphatic hydroxyl groups is 1. The average molecular weight is 268 g/mol. The quantitative estimate of drug-likeness (QED) is 0.733. The van der Waals surface area contributed by atoms with Gasteiger partial charge in [-0.15, -0.1) is 0 Å². The molecule has 1 N–H and O–H groups in total. The molecule has 3 nitrogen and oxygen atoms in total. The molecule has 20 heavy (non-hydrogen) atoms. The molecule has 3 atom stereocenters. The van der Waals surface area contributed by atoms with E-state index in [1.807, 2.05) is 6.20 Å². The molecular weight excluding hydrogens is 248 g/mol. The third kappa shape index (κ3) is 1.53. The Balaban J connectivity index is 1.86. The van der Waals surface area contributed by atoms with Crippen LogP contribution in [0.1, 0.15) is 26.2 Å². The Morgan fingerprint density at radius 2 is 2.20 bits per heavy atom. The molecule has 0 aromatic rings. The first-order chi connectivity index (χ1) is 9.66. The van der Waals surface area contributed by atoms with Crippen LogP contribution < -0.4 is 0 Å². The highest BCUT2D eigenvalue weighted by Gasteiger charge is 2.40. The maximum Gasteiger partial charge on any atom is 0.0728 e. The monoisotopic (exact) mass is 268 g/mol. The van der Waals surface area contributed by atoms with Gasteiger partial charge in [0.05, 0.1) is 12.1 Å². The third-order valence-corrected chi connectivity index (χ3v) is 5.14. The SMILES string of the molecule is CC1=C2C=CN=CC2CC2=C1N(C)C1CCC(O)C=C21. The highest BCUT2D eigenvalue weighted by molar-refractivity contribution is 5.74. The molecule has 3 unspecified atom stereocenters. The van der Waals surface area contributed by atoms with Gasteiger partial charge in [0.2, 0.25) is 0 Å². The highest BCUT2D eigenvalue weighted by atomic mass is 16.3. The van der Waals surface area contributed by atoms with Crippen LogP contribution in [0.4, 0.5) is 0 Å². The van der Waals surface area contributed by atoms with Crippen LogP contribution in [-0.2, 0) is 0 Å². The van der Waals surface area contributed by atoms with Crippen LogP contribution in [0, 0.1) is 5.92 Å². The van der Waals surface area contributed by atoms with Gasteiger partial charge in [0.25, 0.3) is 0 Å². The number of aliphatic hydroxyl groups excluding tert-OH is 1. The van der Waals surface area contributed by atoms with Crippen molar-refractivity contribution in [3.8, 4) is 0 Å². The Hall–Kier alpha value is -1.61. The van der Waals surface area contributed by atoms with Crippen molar-refractivity contribution in [1.82, 2.24) is 4.90 Å². The van der Waals surface area contributed by atoms with Crippen molar-refractivity contribution < 1.29 is 5.11 Å². The molecule has 4 rings (SSSR count). The van der Waals surface area contributed by atoms with E-state index in [1.54, 1.807) is 0 Å². The number of aliphatic imine (C=N–C) groups is 1.